The monoisotopic (exact) mass is 271 g/mol. The van der Waals surface area contributed by atoms with Crippen LogP contribution in [0.15, 0.2) is 0 Å². The predicted octanol–water partition coefficient (Wildman–Crippen LogP) is 0.602. The molecule has 19 heavy (non-hydrogen) atoms. The Morgan fingerprint density at radius 3 is 2.89 bits per heavy atom. The molecule has 0 saturated carbocycles. The van der Waals surface area contributed by atoms with E-state index < -0.39 is 0 Å². The van der Waals surface area contributed by atoms with Crippen LogP contribution in [-0.2, 0) is 9.53 Å². The average Bonchev–Trinajstić information content (AvgIpc) is 2.88. The van der Waals surface area contributed by atoms with Gasteiger partial charge >= 0.3 is 0 Å². The van der Waals surface area contributed by atoms with E-state index in [1.165, 1.54) is 0 Å². The molecule has 1 amide bonds. The first-order valence-corrected chi connectivity index (χ1v) is 7.46. The van der Waals surface area contributed by atoms with Crippen molar-refractivity contribution >= 4 is 5.91 Å². The Hall–Kier alpha value is -0.650. The fourth-order valence-electron chi connectivity index (χ4n) is 2.31. The van der Waals surface area contributed by atoms with Crippen molar-refractivity contribution in [2.45, 2.75) is 45.8 Å². The zero-order chi connectivity index (χ0) is 14.1. The molecule has 0 aromatic rings. The molecule has 1 atom stereocenters. The van der Waals surface area contributed by atoms with E-state index in [0.717, 1.165) is 32.5 Å². The van der Waals surface area contributed by atoms with Crippen molar-refractivity contribution in [2.24, 2.45) is 0 Å². The molecule has 5 nitrogen and oxygen atoms in total. The lowest BCUT2D eigenvalue weighted by Crippen LogP contribution is -2.44. The summed E-state index contributed by atoms with van der Waals surface area (Å²) in [6, 6.07) is 0.514. The lowest BCUT2D eigenvalue weighted by molar-refractivity contribution is -0.122. The second kappa shape index (κ2) is 9.28. The summed E-state index contributed by atoms with van der Waals surface area (Å²) in [6.07, 6.45) is 2.28. The van der Waals surface area contributed by atoms with Crippen molar-refractivity contribution in [3.8, 4) is 0 Å². The number of ether oxygens (including phenoxy) is 1. The van der Waals surface area contributed by atoms with Gasteiger partial charge in [0.15, 0.2) is 0 Å². The molecule has 1 saturated heterocycles. The topological polar surface area (TPSA) is 53.6 Å². The molecular weight excluding hydrogens is 242 g/mol. The van der Waals surface area contributed by atoms with Gasteiger partial charge in [-0.25, -0.2) is 0 Å². The van der Waals surface area contributed by atoms with E-state index in [-0.39, 0.29) is 12.0 Å². The Balaban J connectivity index is 2.11. The van der Waals surface area contributed by atoms with Crippen LogP contribution in [0.5, 0.6) is 0 Å². The average molecular weight is 271 g/mol. The van der Waals surface area contributed by atoms with Gasteiger partial charge < -0.3 is 15.4 Å². The first kappa shape index (κ1) is 16.4. The van der Waals surface area contributed by atoms with Gasteiger partial charge in [-0.3, -0.25) is 9.69 Å². The number of carbonyl (C=O) groups is 1. The number of likely N-dealkylation sites (N-methyl/N-ethyl adjacent to an activating group) is 1. The van der Waals surface area contributed by atoms with Gasteiger partial charge in [0, 0.05) is 25.7 Å². The lowest BCUT2D eigenvalue weighted by Gasteiger charge is -2.26. The van der Waals surface area contributed by atoms with Gasteiger partial charge in [0.2, 0.25) is 5.91 Å². The van der Waals surface area contributed by atoms with Gasteiger partial charge in [-0.05, 0) is 39.8 Å². The summed E-state index contributed by atoms with van der Waals surface area (Å²) in [7, 11) is 0. The Morgan fingerprint density at radius 2 is 2.32 bits per heavy atom. The van der Waals surface area contributed by atoms with Gasteiger partial charge in [-0.1, -0.05) is 6.92 Å². The Labute approximate surface area is 117 Å². The highest BCUT2D eigenvalue weighted by atomic mass is 16.5. The van der Waals surface area contributed by atoms with Crippen LogP contribution in [0.3, 0.4) is 0 Å². The molecule has 112 valence electrons. The van der Waals surface area contributed by atoms with Crippen LogP contribution in [0.2, 0.25) is 0 Å². The smallest absolute Gasteiger partial charge is 0.234 e. The number of rotatable bonds is 9. The molecule has 0 aliphatic carbocycles. The predicted molar refractivity (Wildman–Crippen MR) is 77.2 cm³/mol. The molecule has 1 fully saturated rings. The third kappa shape index (κ3) is 6.89. The minimum Gasteiger partial charge on any atom is -0.379 e. The maximum absolute atomic E-state index is 11.9. The minimum absolute atomic E-state index is 0.123. The molecule has 0 aromatic heterocycles. The second-order valence-corrected chi connectivity index (χ2v) is 5.33. The molecule has 1 heterocycles. The van der Waals surface area contributed by atoms with Crippen LogP contribution in [0.25, 0.3) is 0 Å². The first-order chi connectivity index (χ1) is 9.13. The van der Waals surface area contributed by atoms with Crippen LogP contribution in [-0.4, -0.2) is 62.3 Å². The summed E-state index contributed by atoms with van der Waals surface area (Å²) < 4.78 is 5.44. The number of nitrogens with one attached hydrogen (secondary N) is 2. The van der Waals surface area contributed by atoms with Crippen LogP contribution in [0.1, 0.15) is 33.6 Å². The minimum atomic E-state index is 0.123. The number of amides is 1. The van der Waals surface area contributed by atoms with Crippen LogP contribution < -0.4 is 10.6 Å². The molecule has 1 aliphatic heterocycles. The van der Waals surface area contributed by atoms with Crippen molar-refractivity contribution in [1.29, 1.82) is 0 Å². The maximum Gasteiger partial charge on any atom is 0.234 e. The molecule has 1 rings (SSSR count). The summed E-state index contributed by atoms with van der Waals surface area (Å²) >= 11 is 0. The maximum atomic E-state index is 11.9. The van der Waals surface area contributed by atoms with Crippen molar-refractivity contribution in [3.63, 3.8) is 0 Å². The zero-order valence-electron chi connectivity index (χ0n) is 12.6. The molecular formula is C14H29N3O2. The summed E-state index contributed by atoms with van der Waals surface area (Å²) in [5.41, 5.74) is 0. The highest BCUT2D eigenvalue weighted by Gasteiger charge is 2.22. The van der Waals surface area contributed by atoms with Gasteiger partial charge in [-0.2, -0.15) is 0 Å². The van der Waals surface area contributed by atoms with Crippen molar-refractivity contribution in [2.75, 3.05) is 39.3 Å². The third-order valence-electron chi connectivity index (χ3n) is 3.40. The van der Waals surface area contributed by atoms with Gasteiger partial charge in [0.25, 0.3) is 0 Å². The second-order valence-electron chi connectivity index (χ2n) is 5.33. The Morgan fingerprint density at radius 1 is 1.53 bits per heavy atom. The van der Waals surface area contributed by atoms with Crippen molar-refractivity contribution < 1.29 is 9.53 Å². The molecule has 0 spiro atoms. The van der Waals surface area contributed by atoms with Gasteiger partial charge in [-0.15, -0.1) is 0 Å². The van der Waals surface area contributed by atoms with Crippen LogP contribution >= 0.6 is 0 Å². The normalized spacial score (nSPS) is 19.3. The van der Waals surface area contributed by atoms with E-state index in [2.05, 4.69) is 22.5 Å². The van der Waals surface area contributed by atoms with E-state index in [1.54, 1.807) is 0 Å². The fraction of sp³-hybridized carbons (Fsp3) is 0.929. The summed E-state index contributed by atoms with van der Waals surface area (Å²) in [4.78, 5) is 14.1. The highest BCUT2D eigenvalue weighted by molar-refractivity contribution is 5.78. The van der Waals surface area contributed by atoms with Crippen molar-refractivity contribution in [1.82, 2.24) is 15.5 Å². The first-order valence-electron chi connectivity index (χ1n) is 7.46. The molecule has 1 aliphatic rings. The van der Waals surface area contributed by atoms with Crippen LogP contribution in [0.4, 0.5) is 0 Å². The molecule has 0 radical (unpaired) electrons. The fourth-order valence-corrected chi connectivity index (χ4v) is 2.31. The SMILES string of the molecule is CCN(CC(=O)NCCCOC(C)C)C1CCNC1. The van der Waals surface area contributed by atoms with Gasteiger partial charge in [0.05, 0.1) is 12.6 Å². The Kier molecular flexibility index (Phi) is 8.02. The highest BCUT2D eigenvalue weighted by Crippen LogP contribution is 2.07. The molecule has 2 N–H and O–H groups in total. The molecule has 1 unspecified atom stereocenters. The standard InChI is InChI=1S/C14H29N3O2/c1-4-17(13-6-8-15-10-13)11-14(18)16-7-5-9-19-12(2)3/h12-13,15H,4-11H2,1-3H3,(H,16,18). The van der Waals surface area contributed by atoms with Crippen LogP contribution in [0, 0.1) is 0 Å². The third-order valence-corrected chi connectivity index (χ3v) is 3.40. The largest absolute Gasteiger partial charge is 0.379 e. The molecule has 5 heteroatoms. The van der Waals surface area contributed by atoms with E-state index in [1.807, 2.05) is 13.8 Å². The summed E-state index contributed by atoms with van der Waals surface area (Å²) in [6.45, 7) is 11.1. The zero-order valence-corrected chi connectivity index (χ0v) is 12.6. The number of hydrogen-bond acceptors (Lipinski definition) is 4. The lowest BCUT2D eigenvalue weighted by atomic mass is 10.2. The molecule has 0 bridgehead atoms. The van der Waals surface area contributed by atoms with Gasteiger partial charge in [0.1, 0.15) is 0 Å². The Bertz CT molecular complexity index is 253. The number of carbonyl (C=O) groups excluding carboxylic acids is 1. The summed E-state index contributed by atoms with van der Waals surface area (Å²) in [5, 5.41) is 6.30. The van der Waals surface area contributed by atoms with E-state index in [9.17, 15) is 4.79 Å². The number of nitrogens with zero attached hydrogens (tertiary/aromatic N) is 1. The van der Waals surface area contributed by atoms with Crippen molar-refractivity contribution in [3.05, 3.63) is 0 Å². The quantitative estimate of drug-likeness (QED) is 0.603. The van der Waals surface area contributed by atoms with E-state index in [4.69, 9.17) is 4.74 Å². The number of hydrogen-bond donors (Lipinski definition) is 2. The van der Waals surface area contributed by atoms with E-state index in [0.29, 0.717) is 25.7 Å². The molecule has 0 aromatic carbocycles. The summed E-state index contributed by atoms with van der Waals surface area (Å²) in [5.74, 6) is 0.123. The van der Waals surface area contributed by atoms with E-state index >= 15 is 0 Å².